The van der Waals surface area contributed by atoms with Crippen LogP contribution in [0.2, 0.25) is 0 Å². The zero-order chi connectivity index (χ0) is 45.8. The van der Waals surface area contributed by atoms with Crippen LogP contribution >= 0.6 is 12.2 Å². The fourth-order valence-corrected chi connectivity index (χ4v) is 5.81. The number of anilines is 1. The summed E-state index contributed by atoms with van der Waals surface area (Å²) in [5, 5.41) is 29.3. The Bertz CT molecular complexity index is 2720. The number of rotatable bonds is 8. The maximum Gasteiger partial charge on any atom is 0.182 e. The summed E-state index contributed by atoms with van der Waals surface area (Å²) in [4.78, 5) is 19.5. The van der Waals surface area contributed by atoms with Gasteiger partial charge in [0.1, 0.15) is 0 Å². The second kappa shape index (κ2) is 27.6. The summed E-state index contributed by atoms with van der Waals surface area (Å²) < 4.78 is 4.56. The van der Waals surface area contributed by atoms with Crippen LogP contribution in [0.4, 0.5) is 5.69 Å². The monoisotopic (exact) mass is 848 g/mol. The van der Waals surface area contributed by atoms with E-state index >= 15 is 0 Å². The molecule has 2 N–H and O–H groups in total. The lowest BCUT2D eigenvalue weighted by Crippen LogP contribution is -2.13. The van der Waals surface area contributed by atoms with Crippen LogP contribution in [0.3, 0.4) is 0 Å². The van der Waals surface area contributed by atoms with E-state index in [0.717, 1.165) is 39.6 Å². The highest BCUT2D eigenvalue weighted by atomic mass is 32.1. The number of Topliss-reactive ketones (excluding diaryl/α,β-unsaturated/α-hetero) is 1. The van der Waals surface area contributed by atoms with Crippen LogP contribution in [0.25, 0.3) is 33.9 Å². The van der Waals surface area contributed by atoms with Gasteiger partial charge in [0.2, 0.25) is 0 Å². The van der Waals surface area contributed by atoms with Crippen LogP contribution in [0.15, 0.2) is 183 Å². The van der Waals surface area contributed by atoms with Crippen molar-refractivity contribution in [3.05, 3.63) is 210 Å². The molecule has 0 fully saturated rings. The third-order valence-corrected chi connectivity index (χ3v) is 8.89. The minimum atomic E-state index is 0.00310. The SMILES string of the molecule is CC.CC.CC.N#Cc1ccc(-c2cn(-c3ccccc3)c(=S)[nH]2)cc1.N#Cc1ccc(-c2cn(-c3ccccc3)cn2)cc1.N#Cc1ccc(C(=O)CNc2ccccc2)cc1. The Labute approximate surface area is 376 Å². The lowest BCUT2D eigenvalue weighted by atomic mass is 10.1. The summed E-state index contributed by atoms with van der Waals surface area (Å²) in [5.41, 5.74) is 9.33. The molecule has 9 nitrogen and oxygen atoms in total. The molecule has 0 radical (unpaired) electrons. The number of nitrogens with zero attached hydrogens (tertiary/aromatic N) is 6. The van der Waals surface area contributed by atoms with Crippen molar-refractivity contribution in [2.45, 2.75) is 41.5 Å². The first-order chi connectivity index (χ1) is 30.9. The van der Waals surface area contributed by atoms with Gasteiger partial charge in [-0.2, -0.15) is 15.8 Å². The lowest BCUT2D eigenvalue weighted by Gasteiger charge is -2.05. The van der Waals surface area contributed by atoms with E-state index < -0.39 is 0 Å². The third kappa shape index (κ3) is 15.1. The number of carbonyl (C=O) groups is 1. The number of hydrogen-bond donors (Lipinski definition) is 2. The molecule has 0 saturated heterocycles. The average molecular weight is 849 g/mol. The quantitative estimate of drug-likeness (QED) is 0.115. The number of nitriles is 3. The number of aromatic amines is 1. The van der Waals surface area contributed by atoms with Crippen LogP contribution in [-0.4, -0.2) is 31.4 Å². The molecule has 10 heteroatoms. The summed E-state index contributed by atoms with van der Waals surface area (Å²) in [6, 6.07) is 57.3. The van der Waals surface area contributed by atoms with Gasteiger partial charge in [-0.1, -0.05) is 133 Å². The normalized spacial score (nSPS) is 9.25. The maximum atomic E-state index is 11.9. The minimum absolute atomic E-state index is 0.00310. The number of carbonyl (C=O) groups excluding carboxylic acids is 1. The number of para-hydroxylation sites is 3. The van der Waals surface area contributed by atoms with Gasteiger partial charge in [0.15, 0.2) is 10.6 Å². The smallest absolute Gasteiger partial charge is 0.182 e. The van der Waals surface area contributed by atoms with Crippen LogP contribution < -0.4 is 5.32 Å². The topological polar surface area (TPSA) is 139 Å². The van der Waals surface area contributed by atoms with E-state index in [1.165, 1.54) is 0 Å². The number of benzene rings is 6. The van der Waals surface area contributed by atoms with E-state index in [-0.39, 0.29) is 12.3 Å². The molecule has 6 aromatic carbocycles. The van der Waals surface area contributed by atoms with Crippen LogP contribution in [0, 0.1) is 38.8 Å². The molecule has 0 unspecified atom stereocenters. The molecule has 0 atom stereocenters. The largest absolute Gasteiger partial charge is 0.378 e. The van der Waals surface area contributed by atoms with Crippen molar-refractivity contribution < 1.29 is 4.79 Å². The van der Waals surface area contributed by atoms with Crippen LogP contribution in [0.1, 0.15) is 68.6 Å². The van der Waals surface area contributed by atoms with E-state index in [1.54, 1.807) is 54.9 Å². The molecule has 8 rings (SSSR count). The Balaban J connectivity index is 0.000000237. The molecule has 0 aliphatic carbocycles. The van der Waals surface area contributed by atoms with Crippen molar-refractivity contribution in [3.8, 4) is 52.1 Å². The molecule has 0 bridgehead atoms. The standard InChI is InChI=1S/C16H11N3S.C16H11N3.C15H12N2O.3C2H6/c17-10-12-6-8-13(9-7-12)15-11-19(16(20)18-15)14-4-2-1-3-5-14;17-10-13-6-8-14(9-7-13)16-11-19(12-18-16)15-4-2-1-3-5-15;16-10-12-6-8-13(9-7-12)15(18)11-17-14-4-2-1-3-5-14;3*1-2/h1-9,11H,(H,18,20);1-9,11-12H;1-9,17H,11H2;3*1-2H3. The summed E-state index contributed by atoms with van der Waals surface area (Å²) in [6.45, 7) is 12.2. The van der Waals surface area contributed by atoms with Gasteiger partial charge in [-0.15, -0.1) is 0 Å². The second-order valence-electron chi connectivity index (χ2n) is 12.4. The van der Waals surface area contributed by atoms with Crippen molar-refractivity contribution in [2.24, 2.45) is 0 Å². The number of imidazole rings is 2. The van der Waals surface area contributed by atoms with E-state index in [0.29, 0.717) is 27.0 Å². The van der Waals surface area contributed by atoms with Gasteiger partial charge < -0.3 is 14.9 Å². The molecular weight excluding hydrogens is 797 g/mol. The maximum absolute atomic E-state index is 11.9. The van der Waals surface area contributed by atoms with E-state index in [9.17, 15) is 4.79 Å². The van der Waals surface area contributed by atoms with Crippen molar-refractivity contribution in [3.63, 3.8) is 0 Å². The number of H-pyrrole nitrogens is 1. The van der Waals surface area contributed by atoms with Crippen LogP contribution in [0.5, 0.6) is 0 Å². The third-order valence-electron chi connectivity index (χ3n) is 8.59. The summed E-state index contributed by atoms with van der Waals surface area (Å²) in [5.74, 6) is 0.00310. The first-order valence-electron chi connectivity index (χ1n) is 20.7. The summed E-state index contributed by atoms with van der Waals surface area (Å²) >= 11 is 5.36. The van der Waals surface area contributed by atoms with Gasteiger partial charge in [-0.05, 0) is 90.6 Å². The fraction of sp³-hybridized carbons (Fsp3) is 0.132. The van der Waals surface area contributed by atoms with Gasteiger partial charge >= 0.3 is 0 Å². The van der Waals surface area contributed by atoms with Gasteiger partial charge in [0.25, 0.3) is 0 Å². The predicted octanol–water partition coefficient (Wildman–Crippen LogP) is 13.4. The van der Waals surface area contributed by atoms with Gasteiger partial charge in [-0.3, -0.25) is 9.36 Å². The van der Waals surface area contributed by atoms with Crippen molar-refractivity contribution >= 4 is 23.7 Å². The molecule has 0 spiro atoms. The first-order valence-corrected chi connectivity index (χ1v) is 21.1. The Morgan fingerprint density at radius 1 is 0.587 bits per heavy atom. The molecule has 2 aromatic heterocycles. The molecule has 63 heavy (non-hydrogen) atoms. The first kappa shape index (κ1) is 49.3. The zero-order valence-electron chi connectivity index (χ0n) is 36.5. The molecule has 2 heterocycles. The molecule has 0 saturated carbocycles. The molecule has 0 amide bonds. The molecule has 0 aliphatic rings. The molecule has 316 valence electrons. The zero-order valence-corrected chi connectivity index (χ0v) is 37.3. The van der Waals surface area contributed by atoms with E-state index in [1.807, 2.05) is 184 Å². The van der Waals surface area contributed by atoms with E-state index in [4.69, 9.17) is 28.0 Å². The Hall–Kier alpha value is -8.10. The Morgan fingerprint density at radius 2 is 1.03 bits per heavy atom. The van der Waals surface area contributed by atoms with E-state index in [2.05, 4.69) is 27.4 Å². The predicted molar refractivity (Wildman–Crippen MR) is 259 cm³/mol. The number of hydrogen-bond acceptors (Lipinski definition) is 7. The van der Waals surface area contributed by atoms with Crippen molar-refractivity contribution in [1.29, 1.82) is 15.8 Å². The second-order valence-corrected chi connectivity index (χ2v) is 12.8. The minimum Gasteiger partial charge on any atom is -0.378 e. The summed E-state index contributed by atoms with van der Waals surface area (Å²) in [7, 11) is 0. The highest BCUT2D eigenvalue weighted by Crippen LogP contribution is 2.21. The lowest BCUT2D eigenvalue weighted by molar-refractivity contribution is 0.101. The fourth-order valence-electron chi connectivity index (χ4n) is 5.55. The highest BCUT2D eigenvalue weighted by Gasteiger charge is 2.07. The number of aromatic nitrogens is 4. The van der Waals surface area contributed by atoms with Crippen molar-refractivity contribution in [1.82, 2.24) is 19.1 Å². The molecule has 0 aliphatic heterocycles. The van der Waals surface area contributed by atoms with Gasteiger partial charge in [0.05, 0.1) is 59.2 Å². The van der Waals surface area contributed by atoms with Gasteiger partial charge in [-0.25, -0.2) is 4.98 Å². The molecular formula is C53H52N8OS. The summed E-state index contributed by atoms with van der Waals surface area (Å²) in [6.07, 6.45) is 5.75. The Kier molecular flexibility index (Phi) is 21.6. The highest BCUT2D eigenvalue weighted by molar-refractivity contribution is 7.71. The number of nitrogens with one attached hydrogen (secondary N) is 2. The van der Waals surface area contributed by atoms with Gasteiger partial charge in [0, 0.05) is 40.6 Å². The van der Waals surface area contributed by atoms with Crippen LogP contribution in [-0.2, 0) is 0 Å². The molecule has 8 aromatic rings. The Morgan fingerprint density at radius 3 is 1.52 bits per heavy atom. The van der Waals surface area contributed by atoms with Crippen molar-refractivity contribution in [2.75, 3.05) is 11.9 Å². The number of ketones is 1. The average Bonchev–Trinajstić information content (AvgIpc) is 4.04.